The first kappa shape index (κ1) is 14.5. The van der Waals surface area contributed by atoms with E-state index in [1.54, 1.807) is 0 Å². The summed E-state index contributed by atoms with van der Waals surface area (Å²) >= 11 is 0. The molecule has 0 aliphatic carbocycles. The lowest BCUT2D eigenvalue weighted by atomic mass is 10.2. The molecule has 108 valence electrons. The fourth-order valence-corrected chi connectivity index (χ4v) is 1.87. The molecule has 0 bridgehead atoms. The van der Waals surface area contributed by atoms with Gasteiger partial charge in [0.05, 0.1) is 6.54 Å². The molecule has 0 amide bonds. The molecule has 0 saturated heterocycles. The van der Waals surface area contributed by atoms with Crippen LogP contribution in [0.15, 0.2) is 18.2 Å². The minimum atomic E-state index is -4.53. The van der Waals surface area contributed by atoms with E-state index in [0.29, 0.717) is 11.3 Å². The molecular weight excluding hydrogens is 279 g/mol. The SMILES string of the molecule is Cc1c(C(F)(F)F)nn(Cc2ccc(F)c(F)c2)c1C. The standard InChI is InChI=1S/C13H11F5N2/c1-7-8(2)20(19-12(7)13(16,17)18)6-9-3-4-10(14)11(15)5-9/h3-5H,6H2,1-2H3. The second kappa shape index (κ2) is 4.88. The Labute approximate surface area is 111 Å². The van der Waals surface area contributed by atoms with Crippen LogP contribution in [0.25, 0.3) is 0 Å². The molecule has 1 aromatic carbocycles. The quantitative estimate of drug-likeness (QED) is 0.768. The second-order valence-electron chi connectivity index (χ2n) is 4.46. The number of hydrogen-bond donors (Lipinski definition) is 0. The zero-order chi connectivity index (χ0) is 15.1. The highest BCUT2D eigenvalue weighted by Gasteiger charge is 2.37. The van der Waals surface area contributed by atoms with Gasteiger partial charge in [-0.3, -0.25) is 4.68 Å². The van der Waals surface area contributed by atoms with E-state index in [9.17, 15) is 22.0 Å². The monoisotopic (exact) mass is 290 g/mol. The summed E-state index contributed by atoms with van der Waals surface area (Å²) in [6, 6.07) is 3.18. The Hall–Kier alpha value is -1.92. The van der Waals surface area contributed by atoms with Gasteiger partial charge < -0.3 is 0 Å². The number of halogens is 5. The minimum absolute atomic E-state index is 0.0279. The number of benzene rings is 1. The van der Waals surface area contributed by atoms with Crippen LogP contribution >= 0.6 is 0 Å². The molecule has 1 aromatic heterocycles. The van der Waals surface area contributed by atoms with Crippen molar-refractivity contribution in [3.05, 3.63) is 52.3 Å². The Morgan fingerprint density at radius 3 is 2.25 bits per heavy atom. The van der Waals surface area contributed by atoms with Crippen molar-refractivity contribution in [2.75, 3.05) is 0 Å². The summed E-state index contributed by atoms with van der Waals surface area (Å²) < 4.78 is 65.1. The van der Waals surface area contributed by atoms with Gasteiger partial charge in [0, 0.05) is 11.3 Å². The molecule has 0 aliphatic heterocycles. The van der Waals surface area contributed by atoms with E-state index in [4.69, 9.17) is 0 Å². The largest absolute Gasteiger partial charge is 0.435 e. The van der Waals surface area contributed by atoms with Gasteiger partial charge in [0.15, 0.2) is 17.3 Å². The van der Waals surface area contributed by atoms with Crippen molar-refractivity contribution in [1.29, 1.82) is 0 Å². The molecular formula is C13H11F5N2. The van der Waals surface area contributed by atoms with Crippen molar-refractivity contribution < 1.29 is 22.0 Å². The van der Waals surface area contributed by atoms with Gasteiger partial charge >= 0.3 is 6.18 Å². The van der Waals surface area contributed by atoms with E-state index in [1.165, 1.54) is 19.9 Å². The van der Waals surface area contributed by atoms with Crippen LogP contribution in [-0.2, 0) is 12.7 Å². The van der Waals surface area contributed by atoms with Crippen molar-refractivity contribution in [2.45, 2.75) is 26.6 Å². The first-order valence-corrected chi connectivity index (χ1v) is 5.75. The molecule has 0 fully saturated rings. The normalized spacial score (nSPS) is 11.9. The van der Waals surface area contributed by atoms with Gasteiger partial charge in [-0.15, -0.1) is 0 Å². The Kier molecular flexibility index (Phi) is 3.54. The molecule has 0 spiro atoms. The van der Waals surface area contributed by atoms with E-state index >= 15 is 0 Å². The van der Waals surface area contributed by atoms with Gasteiger partial charge in [0.2, 0.25) is 0 Å². The number of aromatic nitrogens is 2. The smallest absolute Gasteiger partial charge is 0.265 e. The van der Waals surface area contributed by atoms with Gasteiger partial charge in [-0.25, -0.2) is 8.78 Å². The highest BCUT2D eigenvalue weighted by molar-refractivity contribution is 5.27. The second-order valence-corrected chi connectivity index (χ2v) is 4.46. The van der Waals surface area contributed by atoms with Crippen molar-refractivity contribution >= 4 is 0 Å². The molecule has 2 aromatic rings. The summed E-state index contributed by atoms with van der Waals surface area (Å²) in [7, 11) is 0. The summed E-state index contributed by atoms with van der Waals surface area (Å²) in [4.78, 5) is 0. The van der Waals surface area contributed by atoms with Crippen molar-refractivity contribution in [3.63, 3.8) is 0 Å². The van der Waals surface area contributed by atoms with Crippen molar-refractivity contribution in [3.8, 4) is 0 Å². The van der Waals surface area contributed by atoms with Crippen LogP contribution in [-0.4, -0.2) is 9.78 Å². The van der Waals surface area contributed by atoms with Crippen LogP contribution in [0.2, 0.25) is 0 Å². The predicted molar refractivity (Wildman–Crippen MR) is 62.2 cm³/mol. The van der Waals surface area contributed by atoms with Crippen LogP contribution in [0, 0.1) is 25.5 Å². The summed E-state index contributed by atoms with van der Waals surface area (Å²) in [5.74, 6) is -2.04. The molecule has 0 saturated carbocycles. The van der Waals surface area contributed by atoms with E-state index in [2.05, 4.69) is 5.10 Å². The average Bonchev–Trinajstić information content (AvgIpc) is 2.62. The van der Waals surface area contributed by atoms with Crippen LogP contribution in [0.4, 0.5) is 22.0 Å². The Morgan fingerprint density at radius 2 is 1.75 bits per heavy atom. The van der Waals surface area contributed by atoms with E-state index in [0.717, 1.165) is 16.8 Å². The molecule has 0 aliphatic rings. The van der Waals surface area contributed by atoms with Crippen molar-refractivity contribution in [2.24, 2.45) is 0 Å². The first-order chi connectivity index (χ1) is 9.20. The Morgan fingerprint density at radius 1 is 1.10 bits per heavy atom. The first-order valence-electron chi connectivity index (χ1n) is 5.75. The number of alkyl halides is 3. The van der Waals surface area contributed by atoms with Gasteiger partial charge in [0.1, 0.15) is 0 Å². The molecule has 1 heterocycles. The molecule has 2 rings (SSSR count). The van der Waals surface area contributed by atoms with Gasteiger partial charge in [-0.05, 0) is 31.5 Å². The molecule has 0 atom stereocenters. The lowest BCUT2D eigenvalue weighted by molar-refractivity contribution is -0.141. The van der Waals surface area contributed by atoms with Crippen molar-refractivity contribution in [1.82, 2.24) is 9.78 Å². The maximum Gasteiger partial charge on any atom is 0.435 e. The zero-order valence-corrected chi connectivity index (χ0v) is 10.7. The Balaban J connectivity index is 2.37. The molecule has 20 heavy (non-hydrogen) atoms. The van der Waals surface area contributed by atoms with Crippen LogP contribution in [0.5, 0.6) is 0 Å². The molecule has 0 unspecified atom stereocenters. The number of rotatable bonds is 2. The van der Waals surface area contributed by atoms with Crippen LogP contribution < -0.4 is 0 Å². The number of nitrogens with zero attached hydrogens (tertiary/aromatic N) is 2. The van der Waals surface area contributed by atoms with Crippen LogP contribution in [0.3, 0.4) is 0 Å². The fraction of sp³-hybridized carbons (Fsp3) is 0.308. The topological polar surface area (TPSA) is 17.8 Å². The van der Waals surface area contributed by atoms with Gasteiger partial charge in [-0.1, -0.05) is 6.07 Å². The maximum atomic E-state index is 13.1. The van der Waals surface area contributed by atoms with E-state index in [-0.39, 0.29) is 12.1 Å². The predicted octanol–water partition coefficient (Wildman–Crippen LogP) is 3.85. The highest BCUT2D eigenvalue weighted by atomic mass is 19.4. The maximum absolute atomic E-state index is 13.1. The molecule has 0 N–H and O–H groups in total. The molecule has 0 radical (unpaired) electrons. The fourth-order valence-electron chi connectivity index (χ4n) is 1.87. The lowest BCUT2D eigenvalue weighted by Gasteiger charge is -2.05. The molecule has 7 heteroatoms. The van der Waals surface area contributed by atoms with Gasteiger partial charge in [0.25, 0.3) is 0 Å². The summed E-state index contributed by atoms with van der Waals surface area (Å²) in [5, 5.41) is 3.50. The Bertz CT molecular complexity index is 643. The van der Waals surface area contributed by atoms with Gasteiger partial charge in [-0.2, -0.15) is 18.3 Å². The third-order valence-corrected chi connectivity index (χ3v) is 3.09. The lowest BCUT2D eigenvalue weighted by Crippen LogP contribution is -2.09. The summed E-state index contributed by atoms with van der Waals surface area (Å²) in [6.07, 6.45) is -4.53. The zero-order valence-electron chi connectivity index (χ0n) is 10.7. The number of hydrogen-bond acceptors (Lipinski definition) is 1. The van der Waals surface area contributed by atoms with Crippen LogP contribution in [0.1, 0.15) is 22.5 Å². The van der Waals surface area contributed by atoms with E-state index < -0.39 is 23.5 Å². The third kappa shape index (κ3) is 2.66. The molecule has 2 nitrogen and oxygen atoms in total. The highest BCUT2D eigenvalue weighted by Crippen LogP contribution is 2.32. The summed E-state index contributed by atoms with van der Waals surface area (Å²) in [6.45, 7) is 2.77. The minimum Gasteiger partial charge on any atom is -0.265 e. The average molecular weight is 290 g/mol. The van der Waals surface area contributed by atoms with E-state index in [1.807, 2.05) is 0 Å². The third-order valence-electron chi connectivity index (χ3n) is 3.09. The summed E-state index contributed by atoms with van der Waals surface area (Å²) in [5.41, 5.74) is -0.261.